The fraction of sp³-hybridized carbons (Fsp3) is 0.857. The SMILES string of the molecule is CC(C)CC(CNC(=O)N1CCCCCC1)C(=O)O. The Kier molecular flexibility index (Phi) is 6.67. The van der Waals surface area contributed by atoms with E-state index < -0.39 is 11.9 Å². The predicted octanol–water partition coefficient (Wildman–Crippen LogP) is 2.32. The lowest BCUT2D eigenvalue weighted by molar-refractivity contribution is -0.142. The van der Waals surface area contributed by atoms with E-state index in [1.807, 2.05) is 13.8 Å². The molecule has 0 aromatic rings. The van der Waals surface area contributed by atoms with Gasteiger partial charge in [-0.3, -0.25) is 4.79 Å². The zero-order valence-corrected chi connectivity index (χ0v) is 12.0. The maximum Gasteiger partial charge on any atom is 0.317 e. The first-order valence-electron chi connectivity index (χ1n) is 7.26. The van der Waals surface area contributed by atoms with Gasteiger partial charge in [0.2, 0.25) is 0 Å². The molecule has 0 bridgehead atoms. The number of hydrogen-bond donors (Lipinski definition) is 2. The minimum atomic E-state index is -0.829. The Morgan fingerprint density at radius 1 is 1.16 bits per heavy atom. The molecule has 0 aromatic carbocycles. The highest BCUT2D eigenvalue weighted by Gasteiger charge is 2.21. The molecular weight excluding hydrogens is 244 g/mol. The second-order valence-corrected chi connectivity index (χ2v) is 5.75. The van der Waals surface area contributed by atoms with Crippen molar-refractivity contribution in [3.8, 4) is 0 Å². The highest BCUT2D eigenvalue weighted by atomic mass is 16.4. The molecule has 5 nitrogen and oxygen atoms in total. The zero-order valence-electron chi connectivity index (χ0n) is 12.0. The molecule has 2 N–H and O–H groups in total. The number of carboxylic acids is 1. The molecule has 1 saturated heterocycles. The Morgan fingerprint density at radius 3 is 2.21 bits per heavy atom. The largest absolute Gasteiger partial charge is 0.481 e. The van der Waals surface area contributed by atoms with E-state index >= 15 is 0 Å². The van der Waals surface area contributed by atoms with Crippen molar-refractivity contribution >= 4 is 12.0 Å². The van der Waals surface area contributed by atoms with Crippen molar-refractivity contribution < 1.29 is 14.7 Å². The molecule has 0 aliphatic carbocycles. The topological polar surface area (TPSA) is 69.6 Å². The van der Waals surface area contributed by atoms with Gasteiger partial charge in [0, 0.05) is 19.6 Å². The molecule has 0 saturated carbocycles. The lowest BCUT2D eigenvalue weighted by Crippen LogP contribution is -2.43. The number of urea groups is 1. The average Bonchev–Trinajstić information content (AvgIpc) is 2.62. The van der Waals surface area contributed by atoms with Gasteiger partial charge in [-0.05, 0) is 25.2 Å². The van der Waals surface area contributed by atoms with Crippen molar-refractivity contribution in [3.63, 3.8) is 0 Å². The highest BCUT2D eigenvalue weighted by molar-refractivity contribution is 5.76. The molecule has 2 amide bonds. The highest BCUT2D eigenvalue weighted by Crippen LogP contribution is 2.12. The van der Waals surface area contributed by atoms with Gasteiger partial charge in [0.1, 0.15) is 0 Å². The van der Waals surface area contributed by atoms with E-state index in [1.54, 1.807) is 4.90 Å². The molecule has 5 heteroatoms. The number of likely N-dealkylation sites (tertiary alicyclic amines) is 1. The summed E-state index contributed by atoms with van der Waals surface area (Å²) in [5.41, 5.74) is 0. The Morgan fingerprint density at radius 2 is 1.74 bits per heavy atom. The minimum absolute atomic E-state index is 0.114. The summed E-state index contributed by atoms with van der Waals surface area (Å²) in [6.07, 6.45) is 5.03. The van der Waals surface area contributed by atoms with E-state index in [-0.39, 0.29) is 12.6 Å². The quantitative estimate of drug-likeness (QED) is 0.805. The lowest BCUT2D eigenvalue weighted by atomic mass is 9.97. The monoisotopic (exact) mass is 270 g/mol. The van der Waals surface area contributed by atoms with Crippen LogP contribution in [-0.4, -0.2) is 41.6 Å². The molecule has 110 valence electrons. The number of hydrogen-bond acceptors (Lipinski definition) is 2. The van der Waals surface area contributed by atoms with E-state index in [0.29, 0.717) is 12.3 Å². The molecule has 1 aliphatic heterocycles. The van der Waals surface area contributed by atoms with Crippen molar-refractivity contribution in [1.82, 2.24) is 10.2 Å². The molecular formula is C14H26N2O3. The maximum atomic E-state index is 12.0. The van der Waals surface area contributed by atoms with E-state index in [1.165, 1.54) is 12.8 Å². The van der Waals surface area contributed by atoms with Gasteiger partial charge >= 0.3 is 12.0 Å². The van der Waals surface area contributed by atoms with Crippen molar-refractivity contribution in [2.24, 2.45) is 11.8 Å². The number of nitrogens with one attached hydrogen (secondary N) is 1. The Bertz CT molecular complexity index is 297. The van der Waals surface area contributed by atoms with Gasteiger partial charge in [0.15, 0.2) is 0 Å². The smallest absolute Gasteiger partial charge is 0.317 e. The number of carbonyl (C=O) groups excluding carboxylic acids is 1. The number of rotatable bonds is 5. The predicted molar refractivity (Wildman–Crippen MR) is 74.0 cm³/mol. The normalized spacial score (nSPS) is 17.9. The van der Waals surface area contributed by atoms with Crippen molar-refractivity contribution in [3.05, 3.63) is 0 Å². The van der Waals surface area contributed by atoms with Crippen molar-refractivity contribution in [2.45, 2.75) is 46.0 Å². The molecule has 1 heterocycles. The summed E-state index contributed by atoms with van der Waals surface area (Å²) in [6, 6.07) is -0.114. The third kappa shape index (κ3) is 5.94. The first kappa shape index (κ1) is 15.8. The number of carboxylic acid groups (broad SMARTS) is 1. The van der Waals surface area contributed by atoms with Crippen LogP contribution in [0.25, 0.3) is 0 Å². The van der Waals surface area contributed by atoms with Gasteiger partial charge in [-0.25, -0.2) is 4.79 Å². The van der Waals surface area contributed by atoms with Crippen LogP contribution >= 0.6 is 0 Å². The fourth-order valence-corrected chi connectivity index (χ4v) is 2.44. The fourth-order valence-electron chi connectivity index (χ4n) is 2.44. The minimum Gasteiger partial charge on any atom is -0.481 e. The Labute approximate surface area is 115 Å². The van der Waals surface area contributed by atoms with E-state index in [0.717, 1.165) is 25.9 Å². The van der Waals surface area contributed by atoms with Crippen LogP contribution in [0.4, 0.5) is 4.79 Å². The van der Waals surface area contributed by atoms with Gasteiger partial charge in [-0.1, -0.05) is 26.7 Å². The van der Waals surface area contributed by atoms with Crippen LogP contribution in [0.15, 0.2) is 0 Å². The van der Waals surface area contributed by atoms with Gasteiger partial charge in [-0.15, -0.1) is 0 Å². The summed E-state index contributed by atoms with van der Waals surface area (Å²) >= 11 is 0. The first-order chi connectivity index (χ1) is 9.00. The second-order valence-electron chi connectivity index (χ2n) is 5.75. The van der Waals surface area contributed by atoms with Gasteiger partial charge in [0.05, 0.1) is 5.92 Å². The van der Waals surface area contributed by atoms with Crippen molar-refractivity contribution in [2.75, 3.05) is 19.6 Å². The molecule has 0 radical (unpaired) electrons. The first-order valence-corrected chi connectivity index (χ1v) is 7.26. The van der Waals surface area contributed by atoms with Crippen LogP contribution in [0.5, 0.6) is 0 Å². The molecule has 1 atom stereocenters. The summed E-state index contributed by atoms with van der Waals surface area (Å²) in [5, 5.41) is 11.9. The second kappa shape index (κ2) is 8.02. The number of aliphatic carboxylic acids is 1. The standard InChI is InChI=1S/C14H26N2O3/c1-11(2)9-12(13(17)18)10-15-14(19)16-7-5-3-4-6-8-16/h11-12H,3-10H2,1-2H3,(H,15,19)(H,17,18). The van der Waals surface area contributed by atoms with E-state index in [2.05, 4.69) is 5.32 Å². The van der Waals surface area contributed by atoms with Crippen LogP contribution in [0.2, 0.25) is 0 Å². The van der Waals surface area contributed by atoms with Gasteiger partial charge < -0.3 is 15.3 Å². The summed E-state index contributed by atoms with van der Waals surface area (Å²) < 4.78 is 0. The summed E-state index contributed by atoms with van der Waals surface area (Å²) in [6.45, 7) is 5.78. The summed E-state index contributed by atoms with van der Waals surface area (Å²) in [7, 11) is 0. The van der Waals surface area contributed by atoms with Crippen molar-refractivity contribution in [1.29, 1.82) is 0 Å². The molecule has 1 aliphatic rings. The maximum absolute atomic E-state index is 12.0. The third-order valence-corrected chi connectivity index (χ3v) is 3.50. The molecule has 1 rings (SSSR count). The summed E-state index contributed by atoms with van der Waals surface area (Å²) in [5.74, 6) is -1.00. The molecule has 0 spiro atoms. The van der Waals surface area contributed by atoms with Gasteiger partial charge in [0.25, 0.3) is 0 Å². The Balaban J connectivity index is 2.39. The van der Waals surface area contributed by atoms with Crippen LogP contribution in [0.1, 0.15) is 46.0 Å². The summed E-state index contributed by atoms with van der Waals surface area (Å²) in [4.78, 5) is 24.9. The molecule has 0 aromatic heterocycles. The number of nitrogens with zero attached hydrogens (tertiary/aromatic N) is 1. The number of amides is 2. The van der Waals surface area contributed by atoms with Gasteiger partial charge in [-0.2, -0.15) is 0 Å². The molecule has 1 unspecified atom stereocenters. The zero-order chi connectivity index (χ0) is 14.3. The van der Waals surface area contributed by atoms with Crippen LogP contribution < -0.4 is 5.32 Å². The van der Waals surface area contributed by atoms with E-state index in [4.69, 9.17) is 5.11 Å². The third-order valence-electron chi connectivity index (χ3n) is 3.50. The van der Waals surface area contributed by atoms with Crippen LogP contribution in [0, 0.1) is 11.8 Å². The average molecular weight is 270 g/mol. The van der Waals surface area contributed by atoms with Crippen LogP contribution in [-0.2, 0) is 4.79 Å². The van der Waals surface area contributed by atoms with Crippen LogP contribution in [0.3, 0.4) is 0 Å². The molecule has 1 fully saturated rings. The Hall–Kier alpha value is -1.26. The number of carbonyl (C=O) groups is 2. The lowest BCUT2D eigenvalue weighted by Gasteiger charge is -2.22. The molecule has 19 heavy (non-hydrogen) atoms. The van der Waals surface area contributed by atoms with E-state index in [9.17, 15) is 9.59 Å².